The minimum atomic E-state index is -0.427. The van der Waals surface area contributed by atoms with Gasteiger partial charge in [-0.1, -0.05) is 31.5 Å². The van der Waals surface area contributed by atoms with Crippen LogP contribution in [0.3, 0.4) is 0 Å². The molecule has 1 aliphatic heterocycles. The number of carbonyl (C=O) groups is 2. The predicted molar refractivity (Wildman–Crippen MR) is 76.8 cm³/mol. The topological polar surface area (TPSA) is 52.7 Å². The number of benzene rings is 1. The van der Waals surface area contributed by atoms with Crippen LogP contribution in [0.2, 0.25) is 0 Å². The molecule has 1 heterocycles. The molecule has 1 atom stereocenters. The number of imide groups is 1. The fourth-order valence-electron chi connectivity index (χ4n) is 2.40. The molecule has 0 spiro atoms. The van der Waals surface area contributed by atoms with Crippen LogP contribution in [-0.4, -0.2) is 41.5 Å². The fraction of sp³-hybridized carbons (Fsp3) is 0.467. The minimum absolute atomic E-state index is 0.152. The molecule has 114 valence electrons. The molecule has 2 rings (SSSR count). The van der Waals surface area contributed by atoms with E-state index in [1.807, 2.05) is 6.92 Å². The molecule has 3 amide bonds. The lowest BCUT2D eigenvalue weighted by atomic mass is 10.2. The smallest absolute Gasteiger partial charge is 0.325 e. The number of carbonyl (C=O) groups excluding carboxylic acids is 2. The molecule has 0 bridgehead atoms. The van der Waals surface area contributed by atoms with Gasteiger partial charge in [0.1, 0.15) is 11.9 Å². The third-order valence-electron chi connectivity index (χ3n) is 3.47. The van der Waals surface area contributed by atoms with E-state index in [0.717, 1.165) is 6.42 Å². The summed E-state index contributed by atoms with van der Waals surface area (Å²) in [4.78, 5) is 26.8. The zero-order valence-electron chi connectivity index (χ0n) is 12.3. The Bertz CT molecular complexity index is 535. The SMILES string of the molecule is CCC[C@H]1NC(=O)N(CN(C)Cc2ccccc2F)C1=O. The van der Waals surface area contributed by atoms with Crippen molar-refractivity contribution in [2.45, 2.75) is 32.4 Å². The second kappa shape index (κ2) is 6.67. The quantitative estimate of drug-likeness (QED) is 0.816. The summed E-state index contributed by atoms with van der Waals surface area (Å²) < 4.78 is 13.6. The van der Waals surface area contributed by atoms with Gasteiger partial charge in [-0.2, -0.15) is 0 Å². The lowest BCUT2D eigenvalue weighted by Gasteiger charge is -2.22. The Morgan fingerprint density at radius 2 is 2.05 bits per heavy atom. The molecule has 1 aliphatic rings. The van der Waals surface area contributed by atoms with Crippen molar-refractivity contribution in [1.82, 2.24) is 15.1 Å². The van der Waals surface area contributed by atoms with Crippen LogP contribution in [0, 0.1) is 5.82 Å². The van der Waals surface area contributed by atoms with Crippen molar-refractivity contribution < 1.29 is 14.0 Å². The van der Waals surface area contributed by atoms with E-state index in [9.17, 15) is 14.0 Å². The maximum Gasteiger partial charge on any atom is 0.325 e. The van der Waals surface area contributed by atoms with Crippen LogP contribution in [0.15, 0.2) is 24.3 Å². The van der Waals surface area contributed by atoms with E-state index in [1.54, 1.807) is 30.1 Å². The average molecular weight is 293 g/mol. The Hall–Kier alpha value is -1.95. The van der Waals surface area contributed by atoms with Crippen LogP contribution >= 0.6 is 0 Å². The summed E-state index contributed by atoms with van der Waals surface area (Å²) in [7, 11) is 1.75. The average Bonchev–Trinajstić information content (AvgIpc) is 2.70. The maximum atomic E-state index is 13.6. The number of nitrogens with zero attached hydrogens (tertiary/aromatic N) is 2. The lowest BCUT2D eigenvalue weighted by molar-refractivity contribution is -0.129. The van der Waals surface area contributed by atoms with Gasteiger partial charge in [0.25, 0.3) is 5.91 Å². The molecular formula is C15H20FN3O2. The Morgan fingerprint density at radius 1 is 1.33 bits per heavy atom. The van der Waals surface area contributed by atoms with Gasteiger partial charge in [-0.05, 0) is 19.5 Å². The predicted octanol–water partition coefficient (Wildman–Crippen LogP) is 1.94. The van der Waals surface area contributed by atoms with Gasteiger partial charge in [0.15, 0.2) is 0 Å². The number of urea groups is 1. The number of halogens is 1. The molecule has 1 saturated heterocycles. The number of amides is 3. The van der Waals surface area contributed by atoms with E-state index in [4.69, 9.17) is 0 Å². The summed E-state index contributed by atoms with van der Waals surface area (Å²) in [5, 5.41) is 2.67. The molecule has 1 fully saturated rings. The van der Waals surface area contributed by atoms with Crippen molar-refractivity contribution in [1.29, 1.82) is 0 Å². The van der Waals surface area contributed by atoms with E-state index in [1.165, 1.54) is 11.0 Å². The summed E-state index contributed by atoms with van der Waals surface area (Å²) >= 11 is 0. The first-order valence-electron chi connectivity index (χ1n) is 7.06. The molecule has 5 nitrogen and oxygen atoms in total. The summed E-state index contributed by atoms with van der Waals surface area (Å²) in [5.41, 5.74) is 0.539. The van der Waals surface area contributed by atoms with Crippen LogP contribution in [-0.2, 0) is 11.3 Å². The molecule has 1 aromatic carbocycles. The highest BCUT2D eigenvalue weighted by Crippen LogP contribution is 2.13. The van der Waals surface area contributed by atoms with Crippen LogP contribution in [0.4, 0.5) is 9.18 Å². The normalized spacial score (nSPS) is 18.5. The standard InChI is InChI=1S/C15H20FN3O2/c1-3-6-13-14(20)19(15(21)17-13)10-18(2)9-11-7-4-5-8-12(11)16/h4-5,7-8,13H,3,6,9-10H2,1-2H3,(H,17,21)/t13-/m1/s1. The second-order valence-electron chi connectivity index (χ2n) is 5.30. The minimum Gasteiger partial charge on any atom is -0.326 e. The lowest BCUT2D eigenvalue weighted by Crippen LogP contribution is -2.40. The number of rotatable bonds is 6. The summed E-state index contributed by atoms with van der Waals surface area (Å²) in [6, 6.07) is 5.68. The molecule has 1 N–H and O–H groups in total. The van der Waals surface area contributed by atoms with E-state index in [0.29, 0.717) is 18.5 Å². The first-order chi connectivity index (χ1) is 10.0. The first-order valence-corrected chi connectivity index (χ1v) is 7.06. The van der Waals surface area contributed by atoms with E-state index in [-0.39, 0.29) is 24.4 Å². The van der Waals surface area contributed by atoms with Crippen LogP contribution in [0.25, 0.3) is 0 Å². The number of hydrogen-bond acceptors (Lipinski definition) is 3. The zero-order valence-corrected chi connectivity index (χ0v) is 12.3. The van der Waals surface area contributed by atoms with Gasteiger partial charge < -0.3 is 5.32 Å². The van der Waals surface area contributed by atoms with E-state index in [2.05, 4.69) is 5.32 Å². The van der Waals surface area contributed by atoms with E-state index >= 15 is 0 Å². The fourth-order valence-corrected chi connectivity index (χ4v) is 2.40. The largest absolute Gasteiger partial charge is 0.326 e. The highest BCUT2D eigenvalue weighted by Gasteiger charge is 2.37. The van der Waals surface area contributed by atoms with Crippen LogP contribution in [0.5, 0.6) is 0 Å². The summed E-state index contributed by atoms with van der Waals surface area (Å²) in [6.45, 7) is 2.45. The molecule has 21 heavy (non-hydrogen) atoms. The van der Waals surface area contributed by atoms with Crippen molar-refractivity contribution in [3.63, 3.8) is 0 Å². The highest BCUT2D eigenvalue weighted by molar-refractivity contribution is 6.04. The van der Waals surface area contributed by atoms with Gasteiger partial charge >= 0.3 is 6.03 Å². The van der Waals surface area contributed by atoms with Gasteiger partial charge in [-0.15, -0.1) is 0 Å². The Morgan fingerprint density at radius 3 is 2.71 bits per heavy atom. The van der Waals surface area contributed by atoms with Gasteiger partial charge in [-0.3, -0.25) is 9.69 Å². The third-order valence-corrected chi connectivity index (χ3v) is 3.47. The van der Waals surface area contributed by atoms with Gasteiger partial charge in [0.2, 0.25) is 0 Å². The second-order valence-corrected chi connectivity index (χ2v) is 5.30. The van der Waals surface area contributed by atoms with Crippen LogP contribution < -0.4 is 5.32 Å². The molecule has 0 unspecified atom stereocenters. The highest BCUT2D eigenvalue weighted by atomic mass is 19.1. The van der Waals surface area contributed by atoms with E-state index < -0.39 is 6.04 Å². The van der Waals surface area contributed by atoms with Crippen molar-refractivity contribution in [3.8, 4) is 0 Å². The zero-order chi connectivity index (χ0) is 15.4. The molecule has 0 aromatic heterocycles. The van der Waals surface area contributed by atoms with Crippen LogP contribution in [0.1, 0.15) is 25.3 Å². The van der Waals surface area contributed by atoms with Gasteiger partial charge in [0, 0.05) is 12.1 Å². The monoisotopic (exact) mass is 293 g/mol. The van der Waals surface area contributed by atoms with Crippen molar-refractivity contribution in [2.24, 2.45) is 0 Å². The molecule has 1 aromatic rings. The third kappa shape index (κ3) is 3.58. The first kappa shape index (κ1) is 15.4. The Balaban J connectivity index is 1.96. The van der Waals surface area contributed by atoms with Crippen molar-refractivity contribution >= 4 is 11.9 Å². The van der Waals surface area contributed by atoms with Crippen molar-refractivity contribution in [2.75, 3.05) is 13.7 Å². The molecule has 0 saturated carbocycles. The summed E-state index contributed by atoms with van der Waals surface area (Å²) in [5.74, 6) is -0.493. The molecule has 6 heteroatoms. The number of nitrogens with one attached hydrogen (secondary N) is 1. The van der Waals surface area contributed by atoms with Gasteiger partial charge in [-0.25, -0.2) is 14.1 Å². The maximum absolute atomic E-state index is 13.6. The Kier molecular flexibility index (Phi) is 4.90. The summed E-state index contributed by atoms with van der Waals surface area (Å²) in [6.07, 6.45) is 1.47. The van der Waals surface area contributed by atoms with Gasteiger partial charge in [0.05, 0.1) is 6.67 Å². The molecule has 0 radical (unpaired) electrons. The molecular weight excluding hydrogens is 273 g/mol. The van der Waals surface area contributed by atoms with Crippen molar-refractivity contribution in [3.05, 3.63) is 35.6 Å². The Labute approximate surface area is 123 Å². The molecule has 0 aliphatic carbocycles. The number of hydrogen-bond donors (Lipinski definition) is 1.